The van der Waals surface area contributed by atoms with Gasteiger partial charge in [-0.2, -0.15) is 0 Å². The summed E-state index contributed by atoms with van der Waals surface area (Å²) in [5.41, 5.74) is 1.96. The number of methoxy groups -OCH3 is 1. The van der Waals surface area contributed by atoms with Gasteiger partial charge in [0.2, 0.25) is 0 Å². The molecular formula is C18H20N2O3S. The van der Waals surface area contributed by atoms with Crippen molar-refractivity contribution in [3.8, 4) is 5.75 Å². The summed E-state index contributed by atoms with van der Waals surface area (Å²) in [4.78, 5) is 0.276. The molecule has 0 aliphatic carbocycles. The number of ether oxygens (including phenoxy) is 1. The van der Waals surface area contributed by atoms with Crippen molar-refractivity contribution in [2.24, 2.45) is 7.05 Å². The maximum absolute atomic E-state index is 12.9. The topological polar surface area (TPSA) is 51.5 Å². The van der Waals surface area contributed by atoms with E-state index in [2.05, 4.69) is 0 Å². The third-order valence-corrected chi connectivity index (χ3v) is 6.00. The summed E-state index contributed by atoms with van der Waals surface area (Å²) in [6.45, 7) is 1.93. The van der Waals surface area contributed by atoms with Crippen LogP contribution in [0.2, 0.25) is 0 Å². The summed E-state index contributed by atoms with van der Waals surface area (Å²) in [6.07, 6.45) is 0. The Morgan fingerprint density at radius 2 is 1.71 bits per heavy atom. The van der Waals surface area contributed by atoms with Crippen LogP contribution >= 0.6 is 0 Å². The molecule has 3 aromatic rings. The number of nitrogens with zero attached hydrogens (tertiary/aromatic N) is 2. The van der Waals surface area contributed by atoms with Gasteiger partial charge >= 0.3 is 0 Å². The first-order valence-electron chi connectivity index (χ1n) is 7.53. The smallest absolute Gasteiger partial charge is 0.265 e. The van der Waals surface area contributed by atoms with Gasteiger partial charge in [0.1, 0.15) is 11.6 Å². The largest absolute Gasteiger partial charge is 0.497 e. The number of aromatic nitrogens is 1. The molecule has 0 aliphatic heterocycles. The molecule has 0 unspecified atom stereocenters. The Kier molecular flexibility index (Phi) is 4.01. The number of benzene rings is 2. The van der Waals surface area contributed by atoms with Gasteiger partial charge in [0.25, 0.3) is 10.0 Å². The van der Waals surface area contributed by atoms with E-state index < -0.39 is 10.0 Å². The van der Waals surface area contributed by atoms with Crippen LogP contribution in [0.25, 0.3) is 10.9 Å². The fourth-order valence-corrected chi connectivity index (χ4v) is 3.95. The number of anilines is 1. The van der Waals surface area contributed by atoms with Gasteiger partial charge in [-0.15, -0.1) is 0 Å². The fourth-order valence-electron chi connectivity index (χ4n) is 2.73. The summed E-state index contributed by atoms with van der Waals surface area (Å²) in [6, 6.07) is 14.4. The van der Waals surface area contributed by atoms with Crippen LogP contribution in [0.3, 0.4) is 0 Å². The highest BCUT2D eigenvalue weighted by Gasteiger charge is 2.24. The minimum atomic E-state index is -3.61. The molecule has 0 saturated carbocycles. The maximum atomic E-state index is 12.9. The molecule has 1 heterocycles. The molecule has 1 aromatic heterocycles. The van der Waals surface area contributed by atoms with Crippen molar-refractivity contribution in [3.63, 3.8) is 0 Å². The zero-order chi connectivity index (χ0) is 17.5. The molecule has 0 atom stereocenters. The molecule has 24 heavy (non-hydrogen) atoms. The van der Waals surface area contributed by atoms with E-state index in [0.29, 0.717) is 5.82 Å². The van der Waals surface area contributed by atoms with Crippen molar-refractivity contribution >= 4 is 26.7 Å². The van der Waals surface area contributed by atoms with Gasteiger partial charge in [0, 0.05) is 25.0 Å². The van der Waals surface area contributed by atoms with E-state index >= 15 is 0 Å². The summed E-state index contributed by atoms with van der Waals surface area (Å²) in [5.74, 6) is 1.34. The van der Waals surface area contributed by atoms with E-state index in [0.717, 1.165) is 22.2 Å². The van der Waals surface area contributed by atoms with E-state index in [1.807, 2.05) is 42.8 Å². The number of hydrogen-bond donors (Lipinski definition) is 0. The molecule has 0 fully saturated rings. The van der Waals surface area contributed by atoms with Gasteiger partial charge in [-0.25, -0.2) is 8.42 Å². The molecule has 0 saturated heterocycles. The van der Waals surface area contributed by atoms with Crippen LogP contribution in [0.4, 0.5) is 5.82 Å². The summed E-state index contributed by atoms with van der Waals surface area (Å²) >= 11 is 0. The Bertz CT molecular complexity index is 989. The highest BCUT2D eigenvalue weighted by Crippen LogP contribution is 2.30. The van der Waals surface area contributed by atoms with Crippen LogP contribution in [-0.2, 0) is 17.1 Å². The van der Waals surface area contributed by atoms with Crippen molar-refractivity contribution < 1.29 is 13.2 Å². The lowest BCUT2D eigenvalue weighted by Crippen LogP contribution is -2.28. The van der Waals surface area contributed by atoms with Crippen LogP contribution in [0, 0.1) is 6.92 Å². The molecule has 2 aromatic carbocycles. The highest BCUT2D eigenvalue weighted by atomic mass is 32.2. The van der Waals surface area contributed by atoms with Gasteiger partial charge < -0.3 is 9.30 Å². The molecule has 0 radical (unpaired) electrons. The van der Waals surface area contributed by atoms with E-state index in [9.17, 15) is 8.42 Å². The molecule has 0 N–H and O–H groups in total. The molecule has 126 valence electrons. The Morgan fingerprint density at radius 1 is 1.04 bits per heavy atom. The number of fused-ring (bicyclic) bond motifs is 1. The summed E-state index contributed by atoms with van der Waals surface area (Å²) in [5, 5.41) is 0.929. The number of sulfonamides is 1. The maximum Gasteiger partial charge on any atom is 0.265 e. The minimum absolute atomic E-state index is 0.276. The quantitative estimate of drug-likeness (QED) is 0.729. The van der Waals surface area contributed by atoms with Gasteiger partial charge in [-0.1, -0.05) is 17.7 Å². The monoisotopic (exact) mass is 344 g/mol. The third kappa shape index (κ3) is 2.63. The second-order valence-corrected chi connectivity index (χ2v) is 7.74. The van der Waals surface area contributed by atoms with E-state index in [1.54, 1.807) is 38.4 Å². The van der Waals surface area contributed by atoms with E-state index in [1.165, 1.54) is 4.31 Å². The van der Waals surface area contributed by atoms with Crippen molar-refractivity contribution in [2.75, 3.05) is 18.5 Å². The van der Waals surface area contributed by atoms with Gasteiger partial charge in [-0.3, -0.25) is 4.31 Å². The Morgan fingerprint density at radius 3 is 2.33 bits per heavy atom. The van der Waals surface area contributed by atoms with Crippen LogP contribution in [-0.4, -0.2) is 27.1 Å². The Labute approximate surface area is 142 Å². The minimum Gasteiger partial charge on any atom is -0.497 e. The van der Waals surface area contributed by atoms with Crippen molar-refractivity contribution in [2.45, 2.75) is 11.8 Å². The Hall–Kier alpha value is -2.47. The SMILES string of the molecule is COc1ccc2c(c1)cc(N(C)S(=O)(=O)c1ccc(C)cc1)n2C. The lowest BCUT2D eigenvalue weighted by atomic mass is 10.2. The third-order valence-electron chi connectivity index (χ3n) is 4.23. The first-order chi connectivity index (χ1) is 11.3. The molecule has 0 amide bonds. The predicted molar refractivity (Wildman–Crippen MR) is 96.2 cm³/mol. The second-order valence-electron chi connectivity index (χ2n) is 5.77. The summed E-state index contributed by atoms with van der Waals surface area (Å²) in [7, 11) is 1.42. The molecule has 0 aliphatic rings. The molecule has 0 spiro atoms. The predicted octanol–water partition coefficient (Wildman–Crippen LogP) is 3.32. The molecule has 0 bridgehead atoms. The fraction of sp³-hybridized carbons (Fsp3) is 0.222. The van der Waals surface area contributed by atoms with Crippen molar-refractivity contribution in [1.29, 1.82) is 0 Å². The normalized spacial score (nSPS) is 11.7. The van der Waals surface area contributed by atoms with Gasteiger partial charge in [0.15, 0.2) is 0 Å². The number of hydrogen-bond acceptors (Lipinski definition) is 3. The van der Waals surface area contributed by atoms with Crippen molar-refractivity contribution in [3.05, 3.63) is 54.1 Å². The van der Waals surface area contributed by atoms with Gasteiger partial charge in [-0.05, 0) is 43.3 Å². The van der Waals surface area contributed by atoms with Crippen LogP contribution in [0.1, 0.15) is 5.56 Å². The van der Waals surface area contributed by atoms with Crippen molar-refractivity contribution in [1.82, 2.24) is 4.57 Å². The number of aryl methyl sites for hydroxylation is 2. The molecule has 5 nitrogen and oxygen atoms in total. The molecule has 3 rings (SSSR count). The van der Waals surface area contributed by atoms with Crippen LogP contribution in [0.15, 0.2) is 53.4 Å². The zero-order valence-corrected chi connectivity index (χ0v) is 15.0. The van der Waals surface area contributed by atoms with Crippen LogP contribution in [0.5, 0.6) is 5.75 Å². The average molecular weight is 344 g/mol. The Balaban J connectivity index is 2.09. The zero-order valence-electron chi connectivity index (χ0n) is 14.1. The standard InChI is InChI=1S/C18H20N2O3S/c1-13-5-8-16(9-6-13)24(21,22)20(3)18-12-14-11-15(23-4)7-10-17(14)19(18)2/h5-12H,1-4H3. The molecule has 6 heteroatoms. The number of rotatable bonds is 4. The van der Waals surface area contributed by atoms with E-state index in [4.69, 9.17) is 4.74 Å². The lowest BCUT2D eigenvalue weighted by Gasteiger charge is -2.20. The lowest BCUT2D eigenvalue weighted by molar-refractivity contribution is 0.415. The molecular weight excluding hydrogens is 324 g/mol. The summed E-state index contributed by atoms with van der Waals surface area (Å²) < 4.78 is 34.2. The highest BCUT2D eigenvalue weighted by molar-refractivity contribution is 7.92. The van der Waals surface area contributed by atoms with E-state index in [-0.39, 0.29) is 4.90 Å². The first-order valence-corrected chi connectivity index (χ1v) is 8.97. The van der Waals surface area contributed by atoms with Crippen LogP contribution < -0.4 is 9.04 Å². The first kappa shape index (κ1) is 16.4. The van der Waals surface area contributed by atoms with Gasteiger partial charge in [0.05, 0.1) is 12.0 Å². The average Bonchev–Trinajstić information content (AvgIpc) is 2.90. The second kappa shape index (κ2) is 5.87.